The second kappa shape index (κ2) is 7.63. The van der Waals surface area contributed by atoms with Crippen molar-refractivity contribution in [2.24, 2.45) is 0 Å². The maximum absolute atomic E-state index is 12.0. The monoisotopic (exact) mass is 263 g/mol. The zero-order valence-electron chi connectivity index (χ0n) is 11.8. The van der Waals surface area contributed by atoms with Crippen LogP contribution in [0.15, 0.2) is 18.2 Å². The summed E-state index contributed by atoms with van der Waals surface area (Å²) in [5, 5.41) is 10.8. The van der Waals surface area contributed by atoms with Crippen LogP contribution in [0.1, 0.15) is 35.6 Å². The van der Waals surface area contributed by atoms with Crippen LogP contribution in [0.3, 0.4) is 0 Å². The van der Waals surface area contributed by atoms with Gasteiger partial charge in [-0.05, 0) is 26.3 Å². The number of hydrogen-bond acceptors (Lipinski definition) is 4. The van der Waals surface area contributed by atoms with Gasteiger partial charge in [-0.15, -0.1) is 0 Å². The van der Waals surface area contributed by atoms with E-state index < -0.39 is 0 Å². The molecule has 104 valence electrons. The lowest BCUT2D eigenvalue weighted by Crippen LogP contribution is -2.28. The molecule has 0 unspecified atom stereocenters. The molecule has 0 atom stereocenters. The van der Waals surface area contributed by atoms with Crippen molar-refractivity contribution in [3.05, 3.63) is 35.2 Å². The second-order valence-corrected chi connectivity index (χ2v) is 4.47. The fourth-order valence-electron chi connectivity index (χ4n) is 1.55. The van der Waals surface area contributed by atoms with Gasteiger partial charge in [0, 0.05) is 6.54 Å². The number of hydrogen-bond donors (Lipinski definition) is 1. The predicted octanol–water partition coefficient (Wildman–Crippen LogP) is 1.67. The molecule has 1 heterocycles. The summed E-state index contributed by atoms with van der Waals surface area (Å²) in [7, 11) is 0. The average Bonchev–Trinajstić information content (AvgIpc) is 2.37. The van der Waals surface area contributed by atoms with Gasteiger partial charge in [0.05, 0.1) is 30.2 Å². The Hall–Kier alpha value is -1.75. The highest BCUT2D eigenvalue weighted by atomic mass is 16.5. The number of amides is 1. The van der Waals surface area contributed by atoms with Crippen molar-refractivity contribution >= 4 is 5.91 Å². The number of nitrogens with one attached hydrogen (secondary N) is 1. The van der Waals surface area contributed by atoms with E-state index in [-0.39, 0.29) is 5.91 Å². The summed E-state index contributed by atoms with van der Waals surface area (Å²) in [4.78, 5) is 12.0. The normalized spacial score (nSPS) is 10.3. The van der Waals surface area contributed by atoms with Crippen LogP contribution >= 0.6 is 0 Å². The molecule has 0 saturated heterocycles. The van der Waals surface area contributed by atoms with Gasteiger partial charge in [-0.25, -0.2) is 0 Å². The molecule has 0 saturated carbocycles. The predicted molar refractivity (Wildman–Crippen MR) is 74.1 cm³/mol. The van der Waals surface area contributed by atoms with E-state index >= 15 is 0 Å². The molecule has 0 aromatic carbocycles. The van der Waals surface area contributed by atoms with Gasteiger partial charge in [-0.3, -0.25) is 4.79 Å². The Morgan fingerprint density at radius 2 is 2.21 bits per heavy atom. The molecule has 1 amide bonds. The largest absolute Gasteiger partial charge is 0.375 e. The minimum Gasteiger partial charge on any atom is -0.375 e. The molecule has 19 heavy (non-hydrogen) atoms. The van der Waals surface area contributed by atoms with Crippen LogP contribution in [0, 0.1) is 6.92 Å². The quantitative estimate of drug-likeness (QED) is 0.600. The first-order valence-electron chi connectivity index (χ1n) is 6.38. The third-order valence-electron chi connectivity index (χ3n) is 2.45. The lowest BCUT2D eigenvalue weighted by molar-refractivity contribution is 0.0925. The molecule has 0 radical (unpaired) electrons. The summed E-state index contributed by atoms with van der Waals surface area (Å²) in [5.74, 6) is -0.131. The van der Waals surface area contributed by atoms with E-state index in [4.69, 9.17) is 4.74 Å². The molecule has 0 aliphatic heterocycles. The summed E-state index contributed by atoms with van der Waals surface area (Å²) < 4.78 is 5.32. The molecule has 0 bridgehead atoms. The zero-order chi connectivity index (χ0) is 14.3. The van der Waals surface area contributed by atoms with Gasteiger partial charge >= 0.3 is 0 Å². The van der Waals surface area contributed by atoms with Crippen molar-refractivity contribution in [2.75, 3.05) is 19.8 Å². The molecular formula is C14H21N3O2. The molecule has 0 fully saturated rings. The van der Waals surface area contributed by atoms with Gasteiger partial charge in [-0.2, -0.15) is 10.2 Å². The fraction of sp³-hybridized carbons (Fsp3) is 0.500. The lowest BCUT2D eigenvalue weighted by atomic mass is 10.1. The Morgan fingerprint density at radius 1 is 1.47 bits per heavy atom. The van der Waals surface area contributed by atoms with Crippen LogP contribution in [0.2, 0.25) is 0 Å². The molecular weight excluding hydrogens is 242 g/mol. The highest BCUT2D eigenvalue weighted by molar-refractivity contribution is 5.95. The first-order valence-corrected chi connectivity index (χ1v) is 6.38. The van der Waals surface area contributed by atoms with E-state index in [1.165, 1.54) is 0 Å². The molecule has 5 nitrogen and oxygen atoms in total. The van der Waals surface area contributed by atoms with Gasteiger partial charge in [0.25, 0.3) is 5.91 Å². The van der Waals surface area contributed by atoms with Gasteiger partial charge in [0.2, 0.25) is 0 Å². The van der Waals surface area contributed by atoms with Crippen LogP contribution in [0.25, 0.3) is 0 Å². The minimum atomic E-state index is -0.131. The number of rotatable bonds is 7. The standard InChI is InChI=1S/C14H21N3O2/c1-5-13-12(8-11(4)16-17-13)14(18)15-6-7-19-9-10(2)3/h8H,2,5-7,9H2,1,3-4H3,(H,15,18). The Kier molecular flexibility index (Phi) is 6.15. The van der Waals surface area contributed by atoms with E-state index in [1.807, 2.05) is 20.8 Å². The summed E-state index contributed by atoms with van der Waals surface area (Å²) in [5.41, 5.74) is 3.01. The fourth-order valence-corrected chi connectivity index (χ4v) is 1.55. The van der Waals surface area contributed by atoms with Crippen molar-refractivity contribution in [3.8, 4) is 0 Å². The van der Waals surface area contributed by atoms with Crippen LogP contribution in [-0.4, -0.2) is 35.9 Å². The molecule has 0 aliphatic carbocycles. The number of ether oxygens (including phenoxy) is 1. The Bertz CT molecular complexity index is 458. The Morgan fingerprint density at radius 3 is 2.84 bits per heavy atom. The lowest BCUT2D eigenvalue weighted by Gasteiger charge is -2.09. The molecule has 1 N–H and O–H groups in total. The first-order chi connectivity index (χ1) is 9.04. The molecule has 0 spiro atoms. The van der Waals surface area contributed by atoms with Gasteiger partial charge in [0.1, 0.15) is 0 Å². The van der Waals surface area contributed by atoms with Crippen LogP contribution in [-0.2, 0) is 11.2 Å². The summed E-state index contributed by atoms with van der Waals surface area (Å²) in [6.45, 7) is 10.9. The molecule has 1 aromatic rings. The van der Waals surface area contributed by atoms with E-state index in [9.17, 15) is 4.79 Å². The van der Waals surface area contributed by atoms with E-state index in [1.54, 1.807) is 6.07 Å². The van der Waals surface area contributed by atoms with E-state index in [2.05, 4.69) is 22.1 Å². The van der Waals surface area contributed by atoms with Crippen molar-refractivity contribution in [3.63, 3.8) is 0 Å². The van der Waals surface area contributed by atoms with Crippen LogP contribution < -0.4 is 5.32 Å². The average molecular weight is 263 g/mol. The number of aromatic nitrogens is 2. The van der Waals surface area contributed by atoms with Crippen molar-refractivity contribution in [1.29, 1.82) is 0 Å². The molecule has 5 heteroatoms. The third kappa shape index (κ3) is 5.18. The van der Waals surface area contributed by atoms with Gasteiger partial charge in [0.15, 0.2) is 0 Å². The maximum atomic E-state index is 12.0. The summed E-state index contributed by atoms with van der Waals surface area (Å²) >= 11 is 0. The smallest absolute Gasteiger partial charge is 0.253 e. The number of carbonyl (C=O) groups excluding carboxylic acids is 1. The van der Waals surface area contributed by atoms with E-state index in [0.717, 1.165) is 11.3 Å². The van der Waals surface area contributed by atoms with Crippen LogP contribution in [0.4, 0.5) is 0 Å². The topological polar surface area (TPSA) is 64.1 Å². The Labute approximate surface area is 114 Å². The highest BCUT2D eigenvalue weighted by Gasteiger charge is 2.12. The number of carbonyl (C=O) groups is 1. The summed E-state index contributed by atoms with van der Waals surface area (Å²) in [6, 6.07) is 1.76. The van der Waals surface area contributed by atoms with E-state index in [0.29, 0.717) is 37.4 Å². The minimum absolute atomic E-state index is 0.131. The third-order valence-corrected chi connectivity index (χ3v) is 2.45. The summed E-state index contributed by atoms with van der Waals surface area (Å²) in [6.07, 6.45) is 0.683. The van der Waals surface area contributed by atoms with Crippen molar-refractivity contribution in [1.82, 2.24) is 15.5 Å². The van der Waals surface area contributed by atoms with Gasteiger partial charge in [-0.1, -0.05) is 19.1 Å². The zero-order valence-corrected chi connectivity index (χ0v) is 11.8. The van der Waals surface area contributed by atoms with Crippen molar-refractivity contribution in [2.45, 2.75) is 27.2 Å². The number of nitrogens with zero attached hydrogens (tertiary/aromatic N) is 2. The SMILES string of the molecule is C=C(C)COCCNC(=O)c1cc(C)nnc1CC. The first kappa shape index (κ1) is 15.3. The Balaban J connectivity index is 2.49. The maximum Gasteiger partial charge on any atom is 0.253 e. The molecule has 0 aliphatic rings. The van der Waals surface area contributed by atoms with Crippen molar-refractivity contribution < 1.29 is 9.53 Å². The second-order valence-electron chi connectivity index (χ2n) is 4.47. The number of aryl methyl sites for hydroxylation is 2. The molecule has 1 rings (SSSR count). The van der Waals surface area contributed by atoms with Crippen LogP contribution in [0.5, 0.6) is 0 Å². The highest BCUT2D eigenvalue weighted by Crippen LogP contribution is 2.07. The molecule has 1 aromatic heterocycles. The van der Waals surface area contributed by atoms with Gasteiger partial charge < -0.3 is 10.1 Å².